The van der Waals surface area contributed by atoms with Crippen LogP contribution in [0.2, 0.25) is 0 Å². The summed E-state index contributed by atoms with van der Waals surface area (Å²) in [6, 6.07) is 0. The van der Waals surface area contributed by atoms with E-state index in [1.54, 1.807) is 0 Å². The van der Waals surface area contributed by atoms with Crippen molar-refractivity contribution >= 4 is 34.8 Å². The highest BCUT2D eigenvalue weighted by Gasteiger charge is 2.29. The van der Waals surface area contributed by atoms with Crippen LogP contribution in [0.3, 0.4) is 0 Å². The van der Waals surface area contributed by atoms with Crippen LogP contribution >= 0.6 is 34.8 Å². The zero-order valence-electron chi connectivity index (χ0n) is 6.81. The van der Waals surface area contributed by atoms with Crippen molar-refractivity contribution in [1.29, 1.82) is 0 Å². The minimum atomic E-state index is -2.82. The highest BCUT2D eigenvalue weighted by molar-refractivity contribution is 6.66. The van der Waals surface area contributed by atoms with E-state index in [9.17, 15) is 8.78 Å². The number of rotatable bonds is 1. The maximum absolute atomic E-state index is 12.2. The Morgan fingerprint density at radius 2 is 1.71 bits per heavy atom. The fourth-order valence-corrected chi connectivity index (χ4v) is 0.980. The average molecular weight is 262 g/mol. The molecule has 0 N–H and O–H groups in total. The SMILES string of the molecule is Cc1nc(C(F)F)nc(C(Cl)(Cl)Cl)n1. The minimum absolute atomic E-state index is 0.0802. The van der Waals surface area contributed by atoms with E-state index in [-0.39, 0.29) is 11.6 Å². The fourth-order valence-electron chi connectivity index (χ4n) is 0.727. The Balaban J connectivity index is 3.21. The Labute approximate surface area is 93.4 Å². The lowest BCUT2D eigenvalue weighted by Crippen LogP contribution is -2.12. The van der Waals surface area contributed by atoms with Crippen LogP contribution in [0.5, 0.6) is 0 Å². The third-order valence-corrected chi connectivity index (χ3v) is 1.72. The smallest absolute Gasteiger partial charge is 0.214 e. The predicted octanol–water partition coefficient (Wildman–Crippen LogP) is 2.94. The standard InChI is InChI=1S/C6H4Cl3F2N3/c1-2-12-4(3(10)11)14-5(13-2)6(7,8)9/h3H,1H3. The molecular formula is C6H4Cl3F2N3. The van der Waals surface area contributed by atoms with Gasteiger partial charge in [-0.3, -0.25) is 0 Å². The lowest BCUT2D eigenvalue weighted by molar-refractivity contribution is 0.139. The van der Waals surface area contributed by atoms with Gasteiger partial charge < -0.3 is 0 Å². The highest BCUT2D eigenvalue weighted by atomic mass is 35.6. The third-order valence-electron chi connectivity index (χ3n) is 1.21. The number of hydrogen-bond acceptors (Lipinski definition) is 3. The van der Waals surface area contributed by atoms with E-state index in [1.165, 1.54) is 6.92 Å². The van der Waals surface area contributed by atoms with Crippen molar-refractivity contribution in [3.05, 3.63) is 17.5 Å². The summed E-state index contributed by atoms with van der Waals surface area (Å²) in [5.74, 6) is -0.916. The molecule has 0 unspecified atom stereocenters. The van der Waals surface area contributed by atoms with Gasteiger partial charge in [0.05, 0.1) is 0 Å². The average Bonchev–Trinajstić information content (AvgIpc) is 2.01. The number of hydrogen-bond donors (Lipinski definition) is 0. The van der Waals surface area contributed by atoms with E-state index >= 15 is 0 Å². The van der Waals surface area contributed by atoms with E-state index < -0.39 is 16.0 Å². The van der Waals surface area contributed by atoms with Crippen molar-refractivity contribution in [2.45, 2.75) is 17.1 Å². The molecule has 0 spiro atoms. The minimum Gasteiger partial charge on any atom is -0.214 e. The van der Waals surface area contributed by atoms with Gasteiger partial charge in [-0.15, -0.1) is 0 Å². The van der Waals surface area contributed by atoms with E-state index in [2.05, 4.69) is 15.0 Å². The summed E-state index contributed by atoms with van der Waals surface area (Å²) < 4.78 is 22.5. The van der Waals surface area contributed by atoms with Crippen molar-refractivity contribution in [3.8, 4) is 0 Å². The normalized spacial score (nSPS) is 12.2. The van der Waals surface area contributed by atoms with Gasteiger partial charge in [-0.25, -0.2) is 23.7 Å². The Morgan fingerprint density at radius 1 is 1.14 bits per heavy atom. The molecule has 0 amide bonds. The van der Waals surface area contributed by atoms with Crippen LogP contribution in [-0.2, 0) is 3.79 Å². The Morgan fingerprint density at radius 3 is 2.14 bits per heavy atom. The molecule has 1 heterocycles. The molecule has 8 heteroatoms. The molecule has 78 valence electrons. The van der Waals surface area contributed by atoms with Crippen LogP contribution in [0.4, 0.5) is 8.78 Å². The topological polar surface area (TPSA) is 38.7 Å². The molecule has 0 aromatic carbocycles. The lowest BCUT2D eigenvalue weighted by Gasteiger charge is -2.10. The number of nitrogens with zero attached hydrogens (tertiary/aromatic N) is 3. The molecule has 1 aromatic heterocycles. The molecule has 3 nitrogen and oxygen atoms in total. The summed E-state index contributed by atoms with van der Waals surface area (Å²) in [4.78, 5) is 10.4. The molecular weight excluding hydrogens is 258 g/mol. The van der Waals surface area contributed by atoms with Gasteiger partial charge in [-0.2, -0.15) is 0 Å². The quantitative estimate of drug-likeness (QED) is 0.730. The van der Waals surface area contributed by atoms with Crippen molar-refractivity contribution in [1.82, 2.24) is 15.0 Å². The number of alkyl halides is 5. The molecule has 0 aliphatic rings. The molecule has 0 saturated heterocycles. The fraction of sp³-hybridized carbons (Fsp3) is 0.500. The number of aromatic nitrogens is 3. The molecule has 0 radical (unpaired) electrons. The number of aryl methyl sites for hydroxylation is 1. The number of halogens is 5. The first-order valence-corrected chi connectivity index (χ1v) is 4.52. The van der Waals surface area contributed by atoms with Gasteiger partial charge in [0.25, 0.3) is 6.43 Å². The van der Waals surface area contributed by atoms with Crippen LogP contribution in [0.15, 0.2) is 0 Å². The van der Waals surface area contributed by atoms with Crippen molar-refractivity contribution in [2.75, 3.05) is 0 Å². The Kier molecular flexibility index (Phi) is 3.44. The molecule has 1 aromatic rings. The molecule has 0 aliphatic heterocycles. The second-order valence-corrected chi connectivity index (χ2v) is 4.64. The van der Waals surface area contributed by atoms with E-state index in [0.717, 1.165) is 0 Å². The van der Waals surface area contributed by atoms with Crippen molar-refractivity contribution < 1.29 is 8.78 Å². The molecule has 0 atom stereocenters. The first-order chi connectivity index (χ1) is 6.30. The highest BCUT2D eigenvalue weighted by Crippen LogP contribution is 2.36. The van der Waals surface area contributed by atoms with Crippen LogP contribution in [0.1, 0.15) is 23.9 Å². The van der Waals surface area contributed by atoms with Crippen molar-refractivity contribution in [2.24, 2.45) is 0 Å². The van der Waals surface area contributed by atoms with Crippen LogP contribution in [0.25, 0.3) is 0 Å². The molecule has 0 bridgehead atoms. The molecule has 1 rings (SSSR count). The van der Waals surface area contributed by atoms with Crippen LogP contribution < -0.4 is 0 Å². The summed E-state index contributed by atoms with van der Waals surface area (Å²) in [7, 11) is 0. The maximum atomic E-state index is 12.2. The van der Waals surface area contributed by atoms with E-state index in [4.69, 9.17) is 34.8 Å². The van der Waals surface area contributed by atoms with Crippen molar-refractivity contribution in [3.63, 3.8) is 0 Å². The predicted molar refractivity (Wildman–Crippen MR) is 48.8 cm³/mol. The van der Waals surface area contributed by atoms with Crippen LogP contribution in [0, 0.1) is 6.92 Å². The molecule has 0 saturated carbocycles. The van der Waals surface area contributed by atoms with Gasteiger partial charge in [0.1, 0.15) is 5.82 Å². The second-order valence-electron chi connectivity index (χ2n) is 2.36. The van der Waals surface area contributed by atoms with Gasteiger partial charge in [0, 0.05) is 0 Å². The van der Waals surface area contributed by atoms with E-state index in [1.807, 2.05) is 0 Å². The largest absolute Gasteiger partial charge is 0.297 e. The van der Waals surface area contributed by atoms with Gasteiger partial charge >= 0.3 is 0 Å². The summed E-state index contributed by atoms with van der Waals surface area (Å²) >= 11 is 16.3. The molecule has 14 heavy (non-hydrogen) atoms. The lowest BCUT2D eigenvalue weighted by atomic mass is 10.5. The zero-order valence-corrected chi connectivity index (χ0v) is 9.08. The molecule has 0 fully saturated rings. The van der Waals surface area contributed by atoms with Gasteiger partial charge in [0.2, 0.25) is 3.79 Å². The summed E-state index contributed by atoms with van der Waals surface area (Å²) in [6.45, 7) is 1.41. The Hall–Kier alpha value is -0.260. The summed E-state index contributed by atoms with van der Waals surface area (Å²) in [6.07, 6.45) is -2.82. The van der Waals surface area contributed by atoms with Gasteiger partial charge in [-0.1, -0.05) is 34.8 Å². The zero-order chi connectivity index (χ0) is 10.9. The first-order valence-electron chi connectivity index (χ1n) is 3.38. The third kappa shape index (κ3) is 2.87. The molecule has 0 aliphatic carbocycles. The maximum Gasteiger partial charge on any atom is 0.297 e. The van der Waals surface area contributed by atoms with Gasteiger partial charge in [0.15, 0.2) is 11.6 Å². The Bertz CT molecular complexity index is 340. The van der Waals surface area contributed by atoms with Crippen LogP contribution in [-0.4, -0.2) is 15.0 Å². The van der Waals surface area contributed by atoms with Gasteiger partial charge in [-0.05, 0) is 6.92 Å². The first kappa shape index (κ1) is 11.8. The second kappa shape index (κ2) is 4.08. The summed E-state index contributed by atoms with van der Waals surface area (Å²) in [5.41, 5.74) is 0. The summed E-state index contributed by atoms with van der Waals surface area (Å²) in [5, 5.41) is 0. The monoisotopic (exact) mass is 261 g/mol. The van der Waals surface area contributed by atoms with E-state index in [0.29, 0.717) is 0 Å².